The molecular weight excluding hydrogens is 399 g/mol. The van der Waals surface area contributed by atoms with Crippen LogP contribution in [0.2, 0.25) is 0 Å². The van der Waals surface area contributed by atoms with Gasteiger partial charge in [0, 0.05) is 16.1 Å². The maximum Gasteiger partial charge on any atom is 0.146 e. The molecule has 6 aromatic rings. The van der Waals surface area contributed by atoms with Crippen molar-refractivity contribution in [1.29, 1.82) is 0 Å². The zero-order valence-electron chi connectivity index (χ0n) is 17.4. The molecule has 0 amide bonds. The molecule has 0 bridgehead atoms. The van der Waals surface area contributed by atoms with Crippen LogP contribution in [-0.2, 0) is 4.57 Å². The van der Waals surface area contributed by atoms with Crippen LogP contribution >= 0.6 is 7.14 Å². The molecule has 0 aliphatic rings. The van der Waals surface area contributed by atoms with Crippen LogP contribution in [-0.4, -0.2) is 22.7 Å². The van der Waals surface area contributed by atoms with Crippen LogP contribution in [0.4, 0.5) is 0 Å². The molecule has 31 heavy (non-hydrogen) atoms. The number of nitrogens with zero attached hydrogens (tertiary/aromatic N) is 2. The maximum atomic E-state index is 12.4. The summed E-state index contributed by atoms with van der Waals surface area (Å²) in [4.78, 5) is 5.00. The number of rotatable bonds is 2. The van der Waals surface area contributed by atoms with Gasteiger partial charge in [-0.15, -0.1) is 0 Å². The summed E-state index contributed by atoms with van der Waals surface area (Å²) < 4.78 is 14.6. The van der Waals surface area contributed by atoms with Crippen LogP contribution in [0.3, 0.4) is 0 Å². The molecule has 3 nitrogen and oxygen atoms in total. The molecule has 6 rings (SSSR count). The monoisotopic (exact) mass is 420 g/mol. The second-order valence-electron chi connectivity index (χ2n) is 8.43. The van der Waals surface area contributed by atoms with Crippen molar-refractivity contribution in [2.45, 2.75) is 0 Å². The number of hydrogen-bond acceptors (Lipinski definition) is 2. The highest BCUT2D eigenvalue weighted by Gasteiger charge is 2.14. The number of pyridine rings is 1. The van der Waals surface area contributed by atoms with E-state index >= 15 is 0 Å². The van der Waals surface area contributed by atoms with Crippen molar-refractivity contribution >= 4 is 50.8 Å². The Morgan fingerprint density at radius 3 is 2.06 bits per heavy atom. The lowest BCUT2D eigenvalue weighted by atomic mass is 10.0. The summed E-state index contributed by atoms with van der Waals surface area (Å²) in [6, 6.07) is 31.5. The van der Waals surface area contributed by atoms with Gasteiger partial charge in [-0.25, -0.2) is 4.98 Å². The third kappa shape index (κ3) is 2.81. The Kier molecular flexibility index (Phi) is 3.87. The summed E-state index contributed by atoms with van der Waals surface area (Å²) in [6.07, 6.45) is 0. The van der Waals surface area contributed by atoms with Gasteiger partial charge in [0.05, 0.1) is 16.6 Å². The van der Waals surface area contributed by atoms with Gasteiger partial charge in [-0.3, -0.25) is 4.40 Å². The first-order valence-corrected chi connectivity index (χ1v) is 13.0. The normalized spacial score (nSPS) is 12.3. The zero-order valence-corrected chi connectivity index (χ0v) is 18.3. The van der Waals surface area contributed by atoms with Gasteiger partial charge >= 0.3 is 0 Å². The number of para-hydroxylation sites is 1. The summed E-state index contributed by atoms with van der Waals surface area (Å²) >= 11 is 0. The third-order valence-electron chi connectivity index (χ3n) is 6.08. The molecule has 2 heterocycles. The number of benzene rings is 4. The van der Waals surface area contributed by atoms with E-state index in [0.717, 1.165) is 44.0 Å². The van der Waals surface area contributed by atoms with Crippen LogP contribution in [0.15, 0.2) is 91.0 Å². The molecule has 0 aliphatic carbocycles. The van der Waals surface area contributed by atoms with E-state index < -0.39 is 7.14 Å². The molecule has 0 saturated heterocycles. The van der Waals surface area contributed by atoms with Crippen LogP contribution in [0, 0.1) is 0 Å². The second kappa shape index (κ2) is 6.54. The van der Waals surface area contributed by atoms with E-state index in [1.165, 1.54) is 10.8 Å². The predicted molar refractivity (Wildman–Crippen MR) is 132 cm³/mol. The smallest absolute Gasteiger partial charge is 0.146 e. The summed E-state index contributed by atoms with van der Waals surface area (Å²) in [5, 5.41) is 4.51. The fourth-order valence-corrected chi connectivity index (χ4v) is 5.37. The first-order valence-electron chi connectivity index (χ1n) is 10.4. The van der Waals surface area contributed by atoms with Crippen molar-refractivity contribution in [3.63, 3.8) is 0 Å². The van der Waals surface area contributed by atoms with E-state index in [0.29, 0.717) is 0 Å². The van der Waals surface area contributed by atoms with Gasteiger partial charge in [0.1, 0.15) is 12.8 Å². The summed E-state index contributed by atoms with van der Waals surface area (Å²) in [6.45, 7) is 3.61. The highest BCUT2D eigenvalue weighted by molar-refractivity contribution is 7.70. The largest absolute Gasteiger partial charge is 0.319 e. The molecule has 2 aromatic heterocycles. The van der Waals surface area contributed by atoms with Crippen molar-refractivity contribution < 1.29 is 4.57 Å². The first-order chi connectivity index (χ1) is 15.0. The summed E-state index contributed by atoms with van der Waals surface area (Å²) in [5.41, 5.74) is 6.45. The van der Waals surface area contributed by atoms with E-state index in [2.05, 4.69) is 83.3 Å². The van der Waals surface area contributed by atoms with Crippen LogP contribution in [0.5, 0.6) is 0 Å². The lowest BCUT2D eigenvalue weighted by molar-refractivity contribution is 0.588. The lowest BCUT2D eigenvalue weighted by Gasteiger charge is -2.10. The highest BCUT2D eigenvalue weighted by atomic mass is 31.2. The third-order valence-corrected chi connectivity index (χ3v) is 7.62. The van der Waals surface area contributed by atoms with Crippen molar-refractivity contribution in [3.05, 3.63) is 91.0 Å². The van der Waals surface area contributed by atoms with E-state index in [4.69, 9.17) is 4.98 Å². The van der Waals surface area contributed by atoms with Crippen molar-refractivity contribution in [1.82, 2.24) is 9.38 Å². The van der Waals surface area contributed by atoms with E-state index in [-0.39, 0.29) is 0 Å². The van der Waals surface area contributed by atoms with Crippen LogP contribution < -0.4 is 5.30 Å². The number of hydrogen-bond donors (Lipinski definition) is 0. The minimum Gasteiger partial charge on any atom is -0.319 e. The Hall–Kier alpha value is -3.42. The zero-order chi connectivity index (χ0) is 21.2. The second-order valence-corrected chi connectivity index (χ2v) is 11.7. The molecule has 4 aromatic carbocycles. The van der Waals surface area contributed by atoms with Gasteiger partial charge in [0.15, 0.2) is 0 Å². The Morgan fingerprint density at radius 1 is 0.677 bits per heavy atom. The molecule has 0 atom stereocenters. The Morgan fingerprint density at radius 2 is 1.32 bits per heavy atom. The van der Waals surface area contributed by atoms with Gasteiger partial charge in [0.25, 0.3) is 0 Å². The Bertz CT molecular complexity index is 1670. The fraction of sp³-hybridized carbons (Fsp3) is 0.0741. The van der Waals surface area contributed by atoms with Crippen molar-refractivity contribution in [2.75, 3.05) is 13.3 Å². The average Bonchev–Trinajstić information content (AvgIpc) is 3.18. The minimum atomic E-state index is -2.26. The summed E-state index contributed by atoms with van der Waals surface area (Å²) in [5.74, 6) is 0. The van der Waals surface area contributed by atoms with Gasteiger partial charge < -0.3 is 4.57 Å². The predicted octanol–water partition coefficient (Wildman–Crippen LogP) is 6.71. The number of fused-ring (bicyclic) bond motifs is 8. The standard InChI is InChI=1S/C27H21N2OP/c1-31(2,30)20-14-11-18(12-15-20)19-13-16-24-26(17-19)29-25-10-6-5-8-22(25)21-7-3-4-9-23(21)27(29)28-24/h3-17H,1-2H3. The molecular formula is C27H21N2OP. The molecule has 0 N–H and O–H groups in total. The average molecular weight is 420 g/mol. The van der Waals surface area contributed by atoms with Gasteiger partial charge in [-0.05, 0) is 48.0 Å². The number of aromatic nitrogens is 2. The molecule has 0 fully saturated rings. The minimum absolute atomic E-state index is 0.907. The molecule has 0 unspecified atom stereocenters. The van der Waals surface area contributed by atoms with E-state index in [9.17, 15) is 4.57 Å². The molecule has 0 radical (unpaired) electrons. The van der Waals surface area contributed by atoms with Crippen LogP contribution in [0.25, 0.3) is 49.5 Å². The topological polar surface area (TPSA) is 34.4 Å². The van der Waals surface area contributed by atoms with Crippen LogP contribution in [0.1, 0.15) is 0 Å². The van der Waals surface area contributed by atoms with Crippen molar-refractivity contribution in [2.24, 2.45) is 0 Å². The van der Waals surface area contributed by atoms with E-state index in [1.807, 2.05) is 25.5 Å². The van der Waals surface area contributed by atoms with Crippen molar-refractivity contribution in [3.8, 4) is 11.1 Å². The fourth-order valence-electron chi connectivity index (χ4n) is 4.50. The molecule has 150 valence electrons. The molecule has 0 spiro atoms. The van der Waals surface area contributed by atoms with Gasteiger partial charge in [0.2, 0.25) is 0 Å². The quantitative estimate of drug-likeness (QED) is 0.230. The molecule has 4 heteroatoms. The lowest BCUT2D eigenvalue weighted by Crippen LogP contribution is -2.01. The van der Waals surface area contributed by atoms with E-state index in [1.54, 1.807) is 0 Å². The SMILES string of the molecule is CP(C)(=O)c1ccc(-c2ccc3nc4c5ccccc5c5ccccc5n4c3c2)cc1. The number of imidazole rings is 1. The highest BCUT2D eigenvalue weighted by Crippen LogP contribution is 2.36. The maximum absolute atomic E-state index is 12.4. The molecule has 0 saturated carbocycles. The summed E-state index contributed by atoms with van der Waals surface area (Å²) in [7, 11) is -2.26. The van der Waals surface area contributed by atoms with Gasteiger partial charge in [-0.1, -0.05) is 72.8 Å². The first kappa shape index (κ1) is 18.4. The van der Waals surface area contributed by atoms with Gasteiger partial charge in [-0.2, -0.15) is 0 Å². The molecule has 0 aliphatic heterocycles. The Balaban J connectivity index is 1.67. The Labute approximate surface area is 180 Å².